The van der Waals surface area contributed by atoms with Gasteiger partial charge in [0.25, 0.3) is 5.89 Å². The van der Waals surface area contributed by atoms with E-state index in [0.717, 1.165) is 19.0 Å². The summed E-state index contributed by atoms with van der Waals surface area (Å²) in [6.07, 6.45) is -0.917. The molecule has 1 atom stereocenters. The first-order chi connectivity index (χ1) is 13.2. The molecule has 2 amide bonds. The largest absolute Gasteiger partial charge is 0.434 e. The number of alkyl halides is 3. The van der Waals surface area contributed by atoms with Crippen LogP contribution in [0.4, 0.5) is 18.0 Å². The summed E-state index contributed by atoms with van der Waals surface area (Å²) in [6, 6.07) is -0.491. The molecule has 3 fully saturated rings. The molecule has 0 aromatic carbocycles. The lowest BCUT2D eigenvalue weighted by Gasteiger charge is -2.39. The average Bonchev–Trinajstić information content (AvgIpc) is 3.33. The van der Waals surface area contributed by atoms with Crippen molar-refractivity contribution in [3.8, 4) is 0 Å². The second-order valence-corrected chi connectivity index (χ2v) is 7.94. The molecule has 28 heavy (non-hydrogen) atoms. The minimum Gasteiger partial charge on any atom is -0.337 e. The van der Waals surface area contributed by atoms with Gasteiger partial charge in [0.2, 0.25) is 0 Å². The van der Waals surface area contributed by atoms with Crippen LogP contribution >= 0.6 is 0 Å². The van der Waals surface area contributed by atoms with E-state index in [1.54, 1.807) is 11.8 Å². The van der Waals surface area contributed by atoms with Crippen molar-refractivity contribution < 1.29 is 22.5 Å². The summed E-state index contributed by atoms with van der Waals surface area (Å²) in [7, 11) is 0. The van der Waals surface area contributed by atoms with Crippen molar-refractivity contribution in [1.82, 2.24) is 29.9 Å². The number of halogens is 3. The Balaban J connectivity index is 1.29. The molecule has 6 rings (SSSR count). The molecule has 0 radical (unpaired) electrons. The summed E-state index contributed by atoms with van der Waals surface area (Å²) >= 11 is 0. The van der Waals surface area contributed by atoms with Gasteiger partial charge in [-0.25, -0.2) is 9.78 Å². The van der Waals surface area contributed by atoms with Crippen LogP contribution < -0.4 is 5.32 Å². The number of carbonyl (C=O) groups excluding carboxylic acids is 1. The number of nitrogens with zero attached hydrogens (tertiary/aromatic N) is 5. The van der Waals surface area contributed by atoms with Crippen LogP contribution in [0.25, 0.3) is 0 Å². The number of imidazole rings is 1. The fourth-order valence-electron chi connectivity index (χ4n) is 4.68. The lowest BCUT2D eigenvalue weighted by atomic mass is 9.73. The predicted octanol–water partition coefficient (Wildman–Crippen LogP) is 2.24. The van der Waals surface area contributed by atoms with Gasteiger partial charge in [-0.2, -0.15) is 18.2 Å². The molecule has 3 aliphatic heterocycles. The van der Waals surface area contributed by atoms with Gasteiger partial charge in [-0.15, -0.1) is 0 Å². The number of hydrogen-bond donors (Lipinski definition) is 1. The van der Waals surface area contributed by atoms with E-state index in [9.17, 15) is 18.0 Å². The van der Waals surface area contributed by atoms with Crippen molar-refractivity contribution in [2.24, 2.45) is 5.92 Å². The summed E-state index contributed by atoms with van der Waals surface area (Å²) in [4.78, 5) is 22.7. The molecule has 2 aromatic rings. The zero-order valence-corrected chi connectivity index (χ0v) is 15.2. The summed E-state index contributed by atoms with van der Waals surface area (Å²) in [6.45, 7) is 2.63. The molecule has 4 aliphatic rings. The molecule has 2 saturated heterocycles. The molecular formula is C17H19F3N6O2. The van der Waals surface area contributed by atoms with Gasteiger partial charge in [0, 0.05) is 31.7 Å². The molecule has 2 bridgehead atoms. The Hall–Kier alpha value is -2.59. The maximum atomic E-state index is 12.9. The zero-order valence-electron chi connectivity index (χ0n) is 15.2. The Morgan fingerprint density at radius 3 is 2.79 bits per heavy atom. The third-order valence-electron chi connectivity index (χ3n) is 5.99. The van der Waals surface area contributed by atoms with E-state index in [2.05, 4.69) is 20.4 Å². The van der Waals surface area contributed by atoms with Crippen molar-refractivity contribution in [1.29, 1.82) is 0 Å². The van der Waals surface area contributed by atoms with E-state index in [4.69, 9.17) is 4.52 Å². The number of rotatable bonds is 2. The smallest absolute Gasteiger partial charge is 0.337 e. The van der Waals surface area contributed by atoms with Gasteiger partial charge in [0.1, 0.15) is 11.4 Å². The fourth-order valence-corrected chi connectivity index (χ4v) is 4.68. The summed E-state index contributed by atoms with van der Waals surface area (Å²) in [5, 5.41) is 6.82. The number of hydrogen-bond acceptors (Lipinski definition) is 5. The molecule has 0 spiro atoms. The highest BCUT2D eigenvalue weighted by Crippen LogP contribution is 2.56. The number of aryl methyl sites for hydroxylation is 2. The van der Waals surface area contributed by atoms with E-state index in [1.807, 2.05) is 0 Å². The Morgan fingerprint density at radius 2 is 2.11 bits per heavy atom. The number of amides is 2. The van der Waals surface area contributed by atoms with E-state index in [0.29, 0.717) is 42.8 Å². The van der Waals surface area contributed by atoms with Crippen LogP contribution in [0, 0.1) is 12.8 Å². The molecule has 1 N–H and O–H groups in total. The van der Waals surface area contributed by atoms with Gasteiger partial charge in [-0.1, -0.05) is 5.16 Å². The van der Waals surface area contributed by atoms with Crippen molar-refractivity contribution in [2.45, 2.75) is 56.9 Å². The zero-order chi connectivity index (χ0) is 19.7. The van der Waals surface area contributed by atoms with E-state index >= 15 is 0 Å². The average molecular weight is 396 g/mol. The van der Waals surface area contributed by atoms with Crippen LogP contribution in [0.2, 0.25) is 0 Å². The van der Waals surface area contributed by atoms with Crippen molar-refractivity contribution in [3.05, 3.63) is 29.4 Å². The monoisotopic (exact) mass is 396 g/mol. The molecule has 1 unspecified atom stereocenters. The summed E-state index contributed by atoms with van der Waals surface area (Å²) in [5.41, 5.74) is -1.44. The molecule has 5 heterocycles. The SMILES string of the molecule is Cc1noc(C23CC(CN2C(=O)NC2CCc4nc(C(F)(F)F)cn4C2)C3)n1. The summed E-state index contributed by atoms with van der Waals surface area (Å²) in [5.74, 6) is 1.81. The first-order valence-electron chi connectivity index (χ1n) is 9.27. The van der Waals surface area contributed by atoms with Gasteiger partial charge < -0.3 is 19.3 Å². The lowest BCUT2D eigenvalue weighted by Crippen LogP contribution is -2.53. The molecule has 11 heteroatoms. The minimum absolute atomic E-state index is 0.236. The Labute approximate surface area is 158 Å². The van der Waals surface area contributed by atoms with Gasteiger partial charge in [0.15, 0.2) is 11.5 Å². The number of carbonyl (C=O) groups is 1. The standard InChI is InChI=1S/C17H19F3N6O2/c1-9-21-14(28-24-9)16-4-10(5-16)6-26(16)15(27)22-11-2-3-13-23-12(17(18,19)20)8-25(13)7-11/h8,10-11H,2-7H2,1H3,(H,22,27). The number of aromatic nitrogens is 4. The van der Waals surface area contributed by atoms with Crippen LogP contribution in [0.5, 0.6) is 0 Å². The van der Waals surface area contributed by atoms with Crippen LogP contribution in [0.3, 0.4) is 0 Å². The van der Waals surface area contributed by atoms with Crippen molar-refractivity contribution >= 4 is 6.03 Å². The van der Waals surface area contributed by atoms with Crippen LogP contribution in [-0.2, 0) is 24.7 Å². The summed E-state index contributed by atoms with van der Waals surface area (Å²) < 4.78 is 45.4. The quantitative estimate of drug-likeness (QED) is 0.841. The molecule has 150 valence electrons. The third kappa shape index (κ3) is 2.59. The molecule has 1 saturated carbocycles. The first-order valence-corrected chi connectivity index (χ1v) is 9.27. The number of fused-ring (bicyclic) bond motifs is 2. The lowest BCUT2D eigenvalue weighted by molar-refractivity contribution is -0.141. The van der Waals surface area contributed by atoms with Gasteiger partial charge >= 0.3 is 12.2 Å². The Morgan fingerprint density at radius 1 is 1.32 bits per heavy atom. The highest BCUT2D eigenvalue weighted by molar-refractivity contribution is 5.76. The molecular weight excluding hydrogens is 377 g/mol. The van der Waals surface area contributed by atoms with E-state index in [1.165, 1.54) is 4.57 Å². The maximum Gasteiger partial charge on any atom is 0.434 e. The highest BCUT2D eigenvalue weighted by atomic mass is 19.4. The first kappa shape index (κ1) is 17.5. The highest BCUT2D eigenvalue weighted by Gasteiger charge is 2.62. The second kappa shape index (κ2) is 5.71. The minimum atomic E-state index is -4.46. The van der Waals surface area contributed by atoms with Crippen molar-refractivity contribution in [2.75, 3.05) is 6.54 Å². The van der Waals surface area contributed by atoms with Crippen LogP contribution in [0.1, 0.15) is 42.5 Å². The third-order valence-corrected chi connectivity index (χ3v) is 5.99. The number of nitrogens with one attached hydrogen (secondary N) is 1. The maximum absolute atomic E-state index is 12.9. The van der Waals surface area contributed by atoms with Gasteiger partial charge in [-0.3, -0.25) is 0 Å². The Bertz CT molecular complexity index is 930. The van der Waals surface area contributed by atoms with E-state index in [-0.39, 0.29) is 18.6 Å². The topological polar surface area (TPSA) is 89.1 Å². The van der Waals surface area contributed by atoms with Crippen LogP contribution in [-0.4, -0.2) is 43.2 Å². The van der Waals surface area contributed by atoms with Crippen molar-refractivity contribution in [3.63, 3.8) is 0 Å². The van der Waals surface area contributed by atoms with Gasteiger partial charge in [0.05, 0.1) is 0 Å². The van der Waals surface area contributed by atoms with Gasteiger partial charge in [-0.05, 0) is 32.1 Å². The predicted molar refractivity (Wildman–Crippen MR) is 88.0 cm³/mol. The molecule has 8 nitrogen and oxygen atoms in total. The number of urea groups is 1. The fraction of sp³-hybridized carbons (Fsp3) is 0.647. The van der Waals surface area contributed by atoms with E-state index < -0.39 is 17.4 Å². The van der Waals surface area contributed by atoms with Crippen LogP contribution in [0.15, 0.2) is 10.7 Å². The Kier molecular flexibility index (Phi) is 3.57. The normalized spacial score (nSPS) is 28.8. The molecule has 1 aliphatic carbocycles. The molecule has 2 aromatic heterocycles. The second-order valence-electron chi connectivity index (χ2n) is 7.94.